The first-order valence-electron chi connectivity index (χ1n) is 7.77. The molecule has 1 aliphatic carbocycles. The van der Waals surface area contributed by atoms with E-state index in [0.29, 0.717) is 18.1 Å². The lowest BCUT2D eigenvalue weighted by molar-refractivity contribution is -0.149. The lowest BCUT2D eigenvalue weighted by Crippen LogP contribution is -2.23. The zero-order chi connectivity index (χ0) is 16.8. The summed E-state index contributed by atoms with van der Waals surface area (Å²) in [6, 6.07) is 7.44. The first kappa shape index (κ1) is 17.5. The van der Waals surface area contributed by atoms with Gasteiger partial charge in [0.05, 0.1) is 12.5 Å². The Morgan fingerprint density at radius 3 is 2.30 bits per heavy atom. The van der Waals surface area contributed by atoms with Crippen molar-refractivity contribution in [2.75, 3.05) is 6.61 Å². The molecule has 1 fully saturated rings. The van der Waals surface area contributed by atoms with Gasteiger partial charge in [-0.15, -0.1) is 0 Å². The van der Waals surface area contributed by atoms with Crippen LogP contribution in [0.3, 0.4) is 0 Å². The summed E-state index contributed by atoms with van der Waals surface area (Å²) in [5.74, 6) is 0.149. The molecule has 0 aromatic heterocycles. The van der Waals surface area contributed by atoms with Gasteiger partial charge in [-0.3, -0.25) is 10.2 Å². The normalized spacial score (nSPS) is 20.6. The number of nitrogens with one attached hydrogen (secondary N) is 1. The van der Waals surface area contributed by atoms with E-state index in [2.05, 4.69) is 17.4 Å². The maximum Gasteiger partial charge on any atom is 0.370 e. The Hall–Kier alpha value is -1.82. The van der Waals surface area contributed by atoms with Crippen molar-refractivity contribution in [2.24, 2.45) is 5.92 Å². The maximum absolute atomic E-state index is 11.8. The number of esters is 1. The third-order valence-electron chi connectivity index (χ3n) is 4.18. The van der Waals surface area contributed by atoms with E-state index in [9.17, 15) is 9.59 Å². The van der Waals surface area contributed by atoms with Crippen molar-refractivity contribution in [1.82, 2.24) is 0 Å². The predicted molar refractivity (Wildman–Crippen MR) is 90.1 cm³/mol. The van der Waals surface area contributed by atoms with Crippen molar-refractivity contribution < 1.29 is 19.1 Å². The van der Waals surface area contributed by atoms with Gasteiger partial charge < -0.3 is 9.47 Å². The molecule has 0 aliphatic heterocycles. The summed E-state index contributed by atoms with van der Waals surface area (Å²) in [5.41, 5.74) is 1.72. The number of thiol groups is 1. The Bertz CT molecular complexity index is 577. The highest BCUT2D eigenvalue weighted by molar-refractivity contribution is 7.96. The van der Waals surface area contributed by atoms with Crippen LogP contribution < -0.4 is 0 Å². The first-order chi connectivity index (χ1) is 11.0. The summed E-state index contributed by atoms with van der Waals surface area (Å²) >= 11 is 3.49. The lowest BCUT2D eigenvalue weighted by Gasteiger charge is -2.27. The van der Waals surface area contributed by atoms with E-state index in [-0.39, 0.29) is 17.8 Å². The van der Waals surface area contributed by atoms with Crippen molar-refractivity contribution in [1.29, 1.82) is 5.41 Å². The third-order valence-corrected chi connectivity index (χ3v) is 4.27. The molecule has 1 aromatic rings. The number of hydrogen-bond acceptors (Lipinski definition) is 5. The van der Waals surface area contributed by atoms with Gasteiger partial charge in [0, 0.05) is 5.56 Å². The minimum atomic E-state index is -0.795. The van der Waals surface area contributed by atoms with Crippen LogP contribution in [-0.2, 0) is 14.3 Å². The minimum Gasteiger partial charge on any atom is -0.466 e. The standard InChI is InChI=1S/C17H21NO4S/c1-2-21-16(19)14-9-5-12(6-10-14)11-3-7-13(8-4-11)15(18)22-17(20)23/h3-4,7-8,12,14,18H,2,5-6,9-10H2,1H3,(H,20,23). The number of rotatable bonds is 4. The van der Waals surface area contributed by atoms with E-state index in [4.69, 9.17) is 10.1 Å². The predicted octanol–water partition coefficient (Wildman–Crippen LogP) is 3.92. The summed E-state index contributed by atoms with van der Waals surface area (Å²) in [6.07, 6.45) is 3.59. The molecule has 5 nitrogen and oxygen atoms in total. The van der Waals surface area contributed by atoms with E-state index in [1.807, 2.05) is 19.1 Å². The van der Waals surface area contributed by atoms with Crippen LogP contribution in [0.25, 0.3) is 0 Å². The zero-order valence-electron chi connectivity index (χ0n) is 13.1. The average Bonchev–Trinajstić information content (AvgIpc) is 2.55. The maximum atomic E-state index is 11.8. The number of carbonyl (C=O) groups is 2. The van der Waals surface area contributed by atoms with Gasteiger partial charge in [-0.1, -0.05) is 24.8 Å². The van der Waals surface area contributed by atoms with Crippen molar-refractivity contribution >= 4 is 29.8 Å². The molecule has 124 valence electrons. The summed E-state index contributed by atoms with van der Waals surface area (Å²) in [4.78, 5) is 22.5. The average molecular weight is 335 g/mol. The molecule has 1 aromatic carbocycles. The number of carbonyl (C=O) groups excluding carboxylic acids is 2. The van der Waals surface area contributed by atoms with E-state index in [1.54, 1.807) is 12.1 Å². The molecule has 0 heterocycles. The molecule has 0 unspecified atom stereocenters. The Morgan fingerprint density at radius 2 is 1.78 bits per heavy atom. The van der Waals surface area contributed by atoms with Gasteiger partial charge in [0.1, 0.15) is 0 Å². The summed E-state index contributed by atoms with van der Waals surface area (Å²) in [7, 11) is 0. The lowest BCUT2D eigenvalue weighted by atomic mass is 9.78. The van der Waals surface area contributed by atoms with Crippen LogP contribution in [0.5, 0.6) is 0 Å². The van der Waals surface area contributed by atoms with Crippen LogP contribution in [0.4, 0.5) is 4.79 Å². The number of ether oxygens (including phenoxy) is 2. The Kier molecular flexibility index (Phi) is 6.21. The summed E-state index contributed by atoms with van der Waals surface area (Å²) in [5, 5.41) is 6.85. The third kappa shape index (κ3) is 4.82. The second-order valence-corrected chi connectivity index (χ2v) is 5.98. The highest BCUT2D eigenvalue weighted by atomic mass is 32.1. The van der Waals surface area contributed by atoms with Gasteiger partial charge in [-0.05, 0) is 56.2 Å². The Labute approximate surface area is 141 Å². The van der Waals surface area contributed by atoms with Crippen LogP contribution in [-0.4, -0.2) is 23.8 Å². The van der Waals surface area contributed by atoms with Gasteiger partial charge >= 0.3 is 11.3 Å². The monoisotopic (exact) mass is 335 g/mol. The van der Waals surface area contributed by atoms with Gasteiger partial charge in [0.2, 0.25) is 5.90 Å². The van der Waals surface area contributed by atoms with Crippen molar-refractivity contribution in [2.45, 2.75) is 38.5 Å². The highest BCUT2D eigenvalue weighted by Crippen LogP contribution is 2.36. The van der Waals surface area contributed by atoms with E-state index in [1.165, 1.54) is 5.56 Å². The zero-order valence-corrected chi connectivity index (χ0v) is 14.0. The van der Waals surface area contributed by atoms with Crippen LogP contribution >= 0.6 is 12.6 Å². The molecule has 1 aliphatic rings. The molecule has 1 saturated carbocycles. The molecule has 0 radical (unpaired) electrons. The fourth-order valence-corrected chi connectivity index (χ4v) is 3.07. The second-order valence-electron chi connectivity index (χ2n) is 5.62. The molecule has 6 heteroatoms. The van der Waals surface area contributed by atoms with Crippen molar-refractivity contribution in [3.63, 3.8) is 0 Å². The van der Waals surface area contributed by atoms with Crippen molar-refractivity contribution in [3.8, 4) is 0 Å². The highest BCUT2D eigenvalue weighted by Gasteiger charge is 2.27. The molecule has 0 saturated heterocycles. The van der Waals surface area contributed by atoms with E-state index in [0.717, 1.165) is 25.7 Å². The largest absolute Gasteiger partial charge is 0.466 e. The molecule has 1 N–H and O–H groups in total. The topological polar surface area (TPSA) is 76.5 Å². The summed E-state index contributed by atoms with van der Waals surface area (Å²) in [6.45, 7) is 2.26. The van der Waals surface area contributed by atoms with Crippen LogP contribution in [0.15, 0.2) is 24.3 Å². The fraction of sp³-hybridized carbons (Fsp3) is 0.471. The number of hydrogen-bond donors (Lipinski definition) is 2. The SMILES string of the molecule is CCOC(=O)C1CCC(c2ccc(C(=N)OC(=O)S)cc2)CC1. The van der Waals surface area contributed by atoms with E-state index < -0.39 is 5.30 Å². The van der Waals surface area contributed by atoms with Gasteiger partial charge in [0.25, 0.3) is 0 Å². The van der Waals surface area contributed by atoms with Crippen LogP contribution in [0, 0.1) is 11.3 Å². The molecule has 0 spiro atoms. The molecule has 0 bridgehead atoms. The molecule has 0 atom stereocenters. The van der Waals surface area contributed by atoms with Gasteiger partial charge in [-0.2, -0.15) is 0 Å². The van der Waals surface area contributed by atoms with Crippen LogP contribution in [0.2, 0.25) is 0 Å². The second kappa shape index (κ2) is 8.15. The first-order valence-corrected chi connectivity index (χ1v) is 8.22. The molecular formula is C17H21NO4S. The smallest absolute Gasteiger partial charge is 0.370 e. The van der Waals surface area contributed by atoms with Crippen molar-refractivity contribution in [3.05, 3.63) is 35.4 Å². The number of benzene rings is 1. The molecular weight excluding hydrogens is 314 g/mol. The van der Waals surface area contributed by atoms with Crippen LogP contribution in [0.1, 0.15) is 49.7 Å². The molecule has 2 rings (SSSR count). The quantitative estimate of drug-likeness (QED) is 0.378. The van der Waals surface area contributed by atoms with Gasteiger partial charge in [0.15, 0.2) is 0 Å². The Balaban J connectivity index is 1.92. The van der Waals surface area contributed by atoms with Gasteiger partial charge in [-0.25, -0.2) is 4.79 Å². The molecule has 23 heavy (non-hydrogen) atoms. The Morgan fingerprint density at radius 1 is 1.17 bits per heavy atom. The fourth-order valence-electron chi connectivity index (χ4n) is 2.98. The molecule has 0 amide bonds. The summed E-state index contributed by atoms with van der Waals surface area (Å²) < 4.78 is 9.73. The minimum absolute atomic E-state index is 0.0217. The van der Waals surface area contributed by atoms with E-state index >= 15 is 0 Å².